The lowest BCUT2D eigenvalue weighted by molar-refractivity contribution is -0.141. The van der Waals surface area contributed by atoms with Crippen LogP contribution in [-0.4, -0.2) is 103 Å². The van der Waals surface area contributed by atoms with Crippen molar-refractivity contribution in [2.45, 2.75) is 89.5 Å². The van der Waals surface area contributed by atoms with Crippen molar-refractivity contribution in [1.29, 1.82) is 0 Å². The SMILES string of the molecule is CC(=O)[C@H](C)NC(=O)[C@@H]1Cc2ccc(O)c(c2)-c2cc(cc(CCCN)c2OCCN)[C@H](N(C)C(=O)[C@H](CCCCN)NC(=O)c2ccc(-c3ccccc3)cc2)C(=O)N[C@@H](C)C(=O)N1. The van der Waals surface area contributed by atoms with Crippen LogP contribution in [-0.2, 0) is 36.8 Å². The lowest BCUT2D eigenvalue weighted by atomic mass is 9.90. The van der Waals surface area contributed by atoms with E-state index in [-0.39, 0.29) is 43.1 Å². The average Bonchev–Trinajstić information content (AvgIpc) is 3.29. The first-order valence-corrected chi connectivity index (χ1v) is 22.0. The van der Waals surface area contributed by atoms with Crippen LogP contribution in [0.3, 0.4) is 0 Å². The van der Waals surface area contributed by atoms with Crippen LogP contribution in [0, 0.1) is 0 Å². The average molecular weight is 891 g/mol. The summed E-state index contributed by atoms with van der Waals surface area (Å²) in [4.78, 5) is 84.4. The number of carbonyl (C=O) groups is 6. The molecule has 0 aromatic heterocycles. The highest BCUT2D eigenvalue weighted by Crippen LogP contribution is 2.42. The summed E-state index contributed by atoms with van der Waals surface area (Å²) in [6.07, 6.45) is 2.08. The summed E-state index contributed by atoms with van der Waals surface area (Å²) in [7, 11) is 1.45. The first-order chi connectivity index (χ1) is 31.2. The molecule has 0 radical (unpaired) electrons. The number of carbonyl (C=O) groups excluding carboxylic acids is 6. The molecular formula is C49H62N8O8. The van der Waals surface area contributed by atoms with Crippen LogP contribution in [0.1, 0.15) is 79.5 Å². The van der Waals surface area contributed by atoms with Gasteiger partial charge in [0.05, 0.1) is 6.04 Å². The smallest absolute Gasteiger partial charge is 0.251 e. The summed E-state index contributed by atoms with van der Waals surface area (Å²) in [5, 5.41) is 22.5. The molecule has 0 saturated heterocycles. The Labute approximate surface area is 380 Å². The van der Waals surface area contributed by atoms with Gasteiger partial charge in [-0.2, -0.15) is 0 Å². The van der Waals surface area contributed by atoms with E-state index in [0.717, 1.165) is 11.1 Å². The quantitative estimate of drug-likeness (QED) is 0.0674. The highest BCUT2D eigenvalue weighted by atomic mass is 16.5. The molecule has 1 heterocycles. The molecule has 1 aliphatic heterocycles. The Morgan fingerprint density at radius 2 is 1.52 bits per heavy atom. The number of unbranched alkanes of at least 4 members (excludes halogenated alkanes) is 1. The van der Waals surface area contributed by atoms with Gasteiger partial charge in [-0.15, -0.1) is 0 Å². The lowest BCUT2D eigenvalue weighted by Crippen LogP contribution is -2.56. The number of nitrogens with zero attached hydrogens (tertiary/aromatic N) is 1. The summed E-state index contributed by atoms with van der Waals surface area (Å²) in [5.74, 6) is -3.27. The molecule has 0 fully saturated rings. The zero-order chi connectivity index (χ0) is 47.2. The normalized spacial score (nSPS) is 17.1. The van der Waals surface area contributed by atoms with Gasteiger partial charge in [0.15, 0.2) is 5.78 Å². The Kier molecular flexibility index (Phi) is 17.7. The molecule has 0 spiro atoms. The van der Waals surface area contributed by atoms with Gasteiger partial charge in [0.1, 0.15) is 42.3 Å². The third-order valence-corrected chi connectivity index (χ3v) is 11.5. The second-order valence-corrected chi connectivity index (χ2v) is 16.4. The van der Waals surface area contributed by atoms with Crippen molar-refractivity contribution in [3.05, 3.63) is 107 Å². The topological polar surface area (TPSA) is 261 Å². The number of nitrogens with one attached hydrogen (secondary N) is 4. The molecule has 0 aliphatic carbocycles. The summed E-state index contributed by atoms with van der Waals surface area (Å²) < 4.78 is 6.28. The van der Waals surface area contributed by atoms with E-state index in [1.54, 1.807) is 36.4 Å². The zero-order valence-electron chi connectivity index (χ0n) is 37.5. The maximum absolute atomic E-state index is 14.9. The fraction of sp³-hybridized carbons (Fsp3) is 0.388. The Balaban J connectivity index is 1.63. The number of Topliss-reactive ketones (excluding diaryl/α,β-unsaturated/α-hetero) is 1. The zero-order valence-corrected chi connectivity index (χ0v) is 37.5. The van der Waals surface area contributed by atoms with Gasteiger partial charge < -0.3 is 53.2 Å². The lowest BCUT2D eigenvalue weighted by Gasteiger charge is -2.33. The van der Waals surface area contributed by atoms with Crippen molar-refractivity contribution < 1.29 is 38.6 Å². The molecule has 4 aromatic carbocycles. The molecule has 4 aromatic rings. The minimum Gasteiger partial charge on any atom is -0.507 e. The van der Waals surface area contributed by atoms with Crippen LogP contribution in [0.25, 0.3) is 22.3 Å². The minimum atomic E-state index is -1.42. The number of amides is 5. The fourth-order valence-corrected chi connectivity index (χ4v) is 7.68. The van der Waals surface area contributed by atoms with Gasteiger partial charge in [-0.3, -0.25) is 28.8 Å². The van der Waals surface area contributed by atoms with Gasteiger partial charge >= 0.3 is 0 Å². The third kappa shape index (κ3) is 12.8. The van der Waals surface area contributed by atoms with Gasteiger partial charge in [-0.25, -0.2) is 0 Å². The number of benzene rings is 4. The maximum Gasteiger partial charge on any atom is 0.251 e. The summed E-state index contributed by atoms with van der Waals surface area (Å²) in [5.41, 5.74) is 22.1. The molecule has 16 heteroatoms. The number of phenolic OH excluding ortho intramolecular Hbond substituents is 1. The number of rotatable bonds is 18. The molecule has 1 aliphatic rings. The molecule has 0 saturated carbocycles. The maximum atomic E-state index is 14.9. The third-order valence-electron chi connectivity index (χ3n) is 11.5. The Morgan fingerprint density at radius 1 is 0.831 bits per heavy atom. The van der Waals surface area contributed by atoms with E-state index in [9.17, 15) is 33.9 Å². The van der Waals surface area contributed by atoms with Gasteiger partial charge in [-0.05, 0) is 130 Å². The molecule has 0 unspecified atom stereocenters. The Hall–Kier alpha value is -6.62. The largest absolute Gasteiger partial charge is 0.507 e. The standard InChI is InChI=1S/C49H62N8O8/c1-29(31(3)58)53-47(62)41-26-32-15-20-42(59)38(25-32)39-28-37(27-36(13-10-22-51)44(39)65-24-23-52)43(48(63)54-30(2)45(60)56-41)57(4)49(64)40(14-8-9-21-50)55-46(61)35-18-16-34(17-19-35)33-11-6-5-7-12-33/h5-7,11-12,15-20,25,27-30,40-41,43,59H,8-10,13-14,21-24,26,50-52H2,1-4H3,(H,53,62)(H,54,63)(H,55,61)(H,56,60)/t29-,30-,40-,41-,43-/m0/s1. The first-order valence-electron chi connectivity index (χ1n) is 22.0. The fourth-order valence-electron chi connectivity index (χ4n) is 7.68. The summed E-state index contributed by atoms with van der Waals surface area (Å²) in [6, 6.07) is 19.0. The number of phenols is 1. The molecule has 65 heavy (non-hydrogen) atoms. The van der Waals surface area contributed by atoms with Crippen molar-refractivity contribution >= 4 is 35.3 Å². The molecular weight excluding hydrogens is 829 g/mol. The highest BCUT2D eigenvalue weighted by molar-refractivity contribution is 6.00. The molecule has 5 rings (SSSR count). The van der Waals surface area contributed by atoms with Crippen molar-refractivity contribution in [2.75, 3.05) is 33.3 Å². The first kappa shape index (κ1) is 49.4. The number of fused-ring (bicyclic) bond motifs is 5. The van der Waals surface area contributed by atoms with Gasteiger partial charge in [0, 0.05) is 36.7 Å². The number of aryl methyl sites for hydroxylation is 1. The number of hydrogen-bond acceptors (Lipinski definition) is 11. The second-order valence-electron chi connectivity index (χ2n) is 16.4. The molecule has 11 N–H and O–H groups in total. The Bertz CT molecular complexity index is 2320. The number of hydrogen-bond donors (Lipinski definition) is 8. The summed E-state index contributed by atoms with van der Waals surface area (Å²) >= 11 is 0. The number of ether oxygens (including phenoxy) is 1. The number of aromatic hydroxyl groups is 1. The van der Waals surface area contributed by atoms with Gasteiger partial charge in [0.25, 0.3) is 5.91 Å². The van der Waals surface area contributed by atoms with E-state index < -0.39 is 59.7 Å². The molecule has 5 amide bonds. The minimum absolute atomic E-state index is 0.0524. The van der Waals surface area contributed by atoms with Gasteiger partial charge in [-0.1, -0.05) is 48.5 Å². The number of likely N-dealkylation sites (N-methyl/N-ethyl adjacent to an activating group) is 1. The predicted octanol–water partition coefficient (Wildman–Crippen LogP) is 3.02. The monoisotopic (exact) mass is 890 g/mol. The van der Waals surface area contributed by atoms with E-state index in [2.05, 4.69) is 21.3 Å². The number of ketones is 1. The molecule has 5 atom stereocenters. The van der Waals surface area contributed by atoms with E-state index in [1.165, 1.54) is 38.8 Å². The van der Waals surface area contributed by atoms with Crippen LogP contribution in [0.15, 0.2) is 84.9 Å². The van der Waals surface area contributed by atoms with Gasteiger partial charge in [0.2, 0.25) is 23.6 Å². The molecule has 16 nitrogen and oxygen atoms in total. The van der Waals surface area contributed by atoms with E-state index in [4.69, 9.17) is 21.9 Å². The molecule has 346 valence electrons. The van der Waals surface area contributed by atoms with Crippen LogP contribution in [0.4, 0.5) is 0 Å². The van der Waals surface area contributed by atoms with Crippen molar-refractivity contribution in [1.82, 2.24) is 26.2 Å². The van der Waals surface area contributed by atoms with E-state index in [0.29, 0.717) is 72.3 Å². The van der Waals surface area contributed by atoms with Crippen molar-refractivity contribution in [3.63, 3.8) is 0 Å². The van der Waals surface area contributed by atoms with E-state index >= 15 is 0 Å². The molecule has 4 bridgehead atoms. The van der Waals surface area contributed by atoms with Crippen molar-refractivity contribution in [2.24, 2.45) is 17.2 Å². The van der Waals surface area contributed by atoms with Crippen LogP contribution < -0.4 is 43.2 Å². The number of nitrogens with two attached hydrogens (primary N) is 3. The van der Waals surface area contributed by atoms with Crippen LogP contribution in [0.5, 0.6) is 11.5 Å². The second kappa shape index (κ2) is 23.4. The van der Waals surface area contributed by atoms with Crippen molar-refractivity contribution in [3.8, 4) is 33.8 Å². The summed E-state index contributed by atoms with van der Waals surface area (Å²) in [6.45, 7) is 5.24. The van der Waals surface area contributed by atoms with E-state index in [1.807, 2.05) is 42.5 Å². The van der Waals surface area contributed by atoms with Crippen LogP contribution in [0.2, 0.25) is 0 Å². The Morgan fingerprint density at radius 3 is 2.18 bits per heavy atom. The predicted molar refractivity (Wildman–Crippen MR) is 249 cm³/mol. The highest BCUT2D eigenvalue weighted by Gasteiger charge is 2.37. The van der Waals surface area contributed by atoms with Crippen LogP contribution >= 0.6 is 0 Å².